The maximum Gasteiger partial charge on any atom is 0.310 e. The minimum Gasteiger partial charge on any atom is -0.481 e. The van der Waals surface area contributed by atoms with E-state index in [2.05, 4.69) is 9.97 Å². The summed E-state index contributed by atoms with van der Waals surface area (Å²) in [4.78, 5) is 19.2. The van der Waals surface area contributed by atoms with E-state index in [1.165, 1.54) is 0 Å². The number of aliphatic carboxylic acids is 1. The molecule has 0 radical (unpaired) electrons. The molecule has 18 heavy (non-hydrogen) atoms. The molecule has 4 nitrogen and oxygen atoms in total. The van der Waals surface area contributed by atoms with Gasteiger partial charge in [0.15, 0.2) is 0 Å². The number of para-hydroxylation sites is 2. The lowest BCUT2D eigenvalue weighted by atomic mass is 9.81. The van der Waals surface area contributed by atoms with E-state index in [0.717, 1.165) is 29.7 Å². The summed E-state index contributed by atoms with van der Waals surface area (Å²) in [6.07, 6.45) is 2.51. The summed E-state index contributed by atoms with van der Waals surface area (Å²) in [6.45, 7) is 1.83. The molecule has 1 aromatic carbocycles. The van der Waals surface area contributed by atoms with Gasteiger partial charge in [-0.2, -0.15) is 0 Å². The predicted molar refractivity (Wildman–Crippen MR) is 68.3 cm³/mol. The van der Waals surface area contributed by atoms with Gasteiger partial charge in [-0.15, -0.1) is 0 Å². The zero-order chi connectivity index (χ0) is 12.8. The molecule has 0 amide bonds. The van der Waals surface area contributed by atoms with Gasteiger partial charge in [0.2, 0.25) is 0 Å². The van der Waals surface area contributed by atoms with Crippen molar-refractivity contribution in [2.75, 3.05) is 0 Å². The van der Waals surface area contributed by atoms with E-state index in [-0.39, 0.29) is 0 Å². The maximum absolute atomic E-state index is 11.5. The molecule has 1 atom stereocenters. The van der Waals surface area contributed by atoms with Crippen molar-refractivity contribution in [3.8, 4) is 0 Å². The second-order valence-corrected chi connectivity index (χ2v) is 5.37. The van der Waals surface area contributed by atoms with Crippen molar-refractivity contribution in [2.24, 2.45) is 11.3 Å². The highest BCUT2D eigenvalue weighted by Gasteiger charge is 2.47. The molecule has 1 aliphatic rings. The first-order valence-corrected chi connectivity index (χ1v) is 6.26. The van der Waals surface area contributed by atoms with Crippen LogP contribution in [0, 0.1) is 11.3 Å². The number of carboxylic acids is 1. The van der Waals surface area contributed by atoms with Crippen LogP contribution in [0.2, 0.25) is 0 Å². The van der Waals surface area contributed by atoms with Gasteiger partial charge in [0.25, 0.3) is 0 Å². The monoisotopic (exact) mass is 244 g/mol. The van der Waals surface area contributed by atoms with Crippen LogP contribution in [0.4, 0.5) is 0 Å². The van der Waals surface area contributed by atoms with Gasteiger partial charge in [-0.25, -0.2) is 4.98 Å². The standard InChI is InChI=1S/C14H16N2O2/c1-14(13(17)18,9-6-7-9)8-12-15-10-4-2-3-5-11(10)16-12/h2-5,9H,6-8H2,1H3,(H,15,16)(H,17,18)/t14-/m1/s1. The first-order chi connectivity index (χ1) is 8.59. The molecule has 2 N–H and O–H groups in total. The number of imidazole rings is 1. The van der Waals surface area contributed by atoms with Crippen LogP contribution in [-0.2, 0) is 11.2 Å². The van der Waals surface area contributed by atoms with Gasteiger partial charge in [-0.1, -0.05) is 12.1 Å². The quantitative estimate of drug-likeness (QED) is 0.868. The second-order valence-electron chi connectivity index (χ2n) is 5.37. The fourth-order valence-electron chi connectivity index (χ4n) is 2.55. The smallest absolute Gasteiger partial charge is 0.310 e. The molecule has 2 aromatic rings. The number of benzene rings is 1. The third-order valence-corrected chi connectivity index (χ3v) is 3.94. The van der Waals surface area contributed by atoms with E-state index in [1.807, 2.05) is 31.2 Å². The first-order valence-electron chi connectivity index (χ1n) is 6.26. The molecule has 1 fully saturated rings. The summed E-state index contributed by atoms with van der Waals surface area (Å²) in [7, 11) is 0. The Balaban J connectivity index is 1.92. The third kappa shape index (κ3) is 1.78. The Labute approximate surface area is 105 Å². The number of hydrogen-bond donors (Lipinski definition) is 2. The Bertz CT molecular complexity index is 568. The van der Waals surface area contributed by atoms with Crippen LogP contribution in [0.5, 0.6) is 0 Å². The van der Waals surface area contributed by atoms with Crippen molar-refractivity contribution in [1.82, 2.24) is 9.97 Å². The summed E-state index contributed by atoms with van der Waals surface area (Å²) >= 11 is 0. The summed E-state index contributed by atoms with van der Waals surface area (Å²) in [5, 5.41) is 9.44. The minimum atomic E-state index is -0.717. The average Bonchev–Trinajstić information content (AvgIpc) is 3.10. The molecular formula is C14H16N2O2. The fourth-order valence-corrected chi connectivity index (χ4v) is 2.55. The molecule has 1 aromatic heterocycles. The lowest BCUT2D eigenvalue weighted by molar-refractivity contribution is -0.149. The van der Waals surface area contributed by atoms with E-state index >= 15 is 0 Å². The molecule has 0 unspecified atom stereocenters. The maximum atomic E-state index is 11.5. The van der Waals surface area contributed by atoms with Crippen LogP contribution in [-0.4, -0.2) is 21.0 Å². The highest BCUT2D eigenvalue weighted by Crippen LogP contribution is 2.47. The highest BCUT2D eigenvalue weighted by atomic mass is 16.4. The molecule has 94 valence electrons. The van der Waals surface area contributed by atoms with Crippen molar-refractivity contribution in [2.45, 2.75) is 26.2 Å². The molecule has 1 aliphatic carbocycles. The molecule has 0 spiro atoms. The molecule has 1 saturated carbocycles. The van der Waals surface area contributed by atoms with Crippen LogP contribution in [0.15, 0.2) is 24.3 Å². The van der Waals surface area contributed by atoms with Gasteiger partial charge in [-0.3, -0.25) is 4.79 Å². The molecule has 0 bridgehead atoms. The van der Waals surface area contributed by atoms with E-state index < -0.39 is 11.4 Å². The number of rotatable bonds is 4. The lowest BCUT2D eigenvalue weighted by Gasteiger charge is -2.23. The molecule has 3 rings (SSSR count). The van der Waals surface area contributed by atoms with E-state index in [1.54, 1.807) is 0 Å². The Hall–Kier alpha value is -1.84. The van der Waals surface area contributed by atoms with Gasteiger partial charge in [-0.05, 0) is 37.8 Å². The van der Waals surface area contributed by atoms with Crippen LogP contribution in [0.25, 0.3) is 11.0 Å². The lowest BCUT2D eigenvalue weighted by Crippen LogP contribution is -2.32. The topological polar surface area (TPSA) is 66.0 Å². The van der Waals surface area contributed by atoms with E-state index in [9.17, 15) is 9.90 Å². The first kappa shape index (κ1) is 11.3. The second kappa shape index (κ2) is 3.83. The molecule has 1 heterocycles. The van der Waals surface area contributed by atoms with Crippen molar-refractivity contribution >= 4 is 17.0 Å². The van der Waals surface area contributed by atoms with Crippen LogP contribution < -0.4 is 0 Å². The normalized spacial score (nSPS) is 18.7. The SMILES string of the molecule is C[C@](Cc1nc2ccccc2[nH]1)(C(=O)O)C1CC1. The molecule has 0 saturated heterocycles. The fraction of sp³-hybridized carbons (Fsp3) is 0.429. The minimum absolute atomic E-state index is 0.295. The van der Waals surface area contributed by atoms with Crippen molar-refractivity contribution < 1.29 is 9.90 Å². The number of carbonyl (C=O) groups is 1. The molecular weight excluding hydrogens is 228 g/mol. The number of aromatic amines is 1. The highest BCUT2D eigenvalue weighted by molar-refractivity contribution is 5.77. The number of fused-ring (bicyclic) bond motifs is 1. The van der Waals surface area contributed by atoms with Crippen LogP contribution >= 0.6 is 0 Å². The van der Waals surface area contributed by atoms with E-state index in [0.29, 0.717) is 12.3 Å². The summed E-state index contributed by atoms with van der Waals surface area (Å²) in [6, 6.07) is 7.78. The Morgan fingerprint density at radius 2 is 2.22 bits per heavy atom. The number of hydrogen-bond acceptors (Lipinski definition) is 2. The Kier molecular flexibility index (Phi) is 2.40. The zero-order valence-corrected chi connectivity index (χ0v) is 10.3. The average molecular weight is 244 g/mol. The van der Waals surface area contributed by atoms with Gasteiger partial charge in [0.1, 0.15) is 5.82 Å². The van der Waals surface area contributed by atoms with Gasteiger partial charge in [0, 0.05) is 6.42 Å². The van der Waals surface area contributed by atoms with Gasteiger partial charge in [0.05, 0.1) is 16.4 Å². The largest absolute Gasteiger partial charge is 0.481 e. The Morgan fingerprint density at radius 3 is 2.83 bits per heavy atom. The zero-order valence-electron chi connectivity index (χ0n) is 10.3. The van der Waals surface area contributed by atoms with E-state index in [4.69, 9.17) is 0 Å². The predicted octanol–water partition coefficient (Wildman–Crippen LogP) is 2.61. The van der Waals surface area contributed by atoms with Crippen LogP contribution in [0.1, 0.15) is 25.6 Å². The van der Waals surface area contributed by atoms with Crippen molar-refractivity contribution in [1.29, 1.82) is 0 Å². The molecule has 0 aliphatic heterocycles. The summed E-state index contributed by atoms with van der Waals surface area (Å²) in [5.74, 6) is 0.349. The van der Waals surface area contributed by atoms with Crippen LogP contribution in [0.3, 0.4) is 0 Å². The summed E-state index contributed by atoms with van der Waals surface area (Å²) < 4.78 is 0. The number of aromatic nitrogens is 2. The number of nitrogens with zero attached hydrogens (tertiary/aromatic N) is 1. The molecule has 4 heteroatoms. The number of nitrogens with one attached hydrogen (secondary N) is 1. The number of H-pyrrole nitrogens is 1. The van der Waals surface area contributed by atoms with Gasteiger partial charge < -0.3 is 10.1 Å². The summed E-state index contributed by atoms with van der Waals surface area (Å²) in [5.41, 5.74) is 1.18. The third-order valence-electron chi connectivity index (χ3n) is 3.94. The van der Waals surface area contributed by atoms with Gasteiger partial charge >= 0.3 is 5.97 Å². The van der Waals surface area contributed by atoms with Crippen molar-refractivity contribution in [3.05, 3.63) is 30.1 Å². The van der Waals surface area contributed by atoms with Crippen molar-refractivity contribution in [3.63, 3.8) is 0 Å². The number of carboxylic acid groups (broad SMARTS) is 1. The Morgan fingerprint density at radius 1 is 1.50 bits per heavy atom.